The fourth-order valence-electron chi connectivity index (χ4n) is 3.32. The zero-order chi connectivity index (χ0) is 14.7. The van der Waals surface area contributed by atoms with E-state index >= 15 is 0 Å². The molecule has 2 heteroatoms. The van der Waals surface area contributed by atoms with Crippen LogP contribution in [0.25, 0.3) is 0 Å². The van der Waals surface area contributed by atoms with Gasteiger partial charge in [-0.25, -0.2) is 0 Å². The SMILES string of the molecule is COc1cc(C)ccc1C(C)NC1CCC(C)C(C)C1. The molecule has 4 atom stereocenters. The van der Waals surface area contributed by atoms with Crippen LogP contribution >= 0.6 is 0 Å². The predicted molar refractivity (Wildman–Crippen MR) is 85.2 cm³/mol. The van der Waals surface area contributed by atoms with Gasteiger partial charge in [0.05, 0.1) is 7.11 Å². The highest BCUT2D eigenvalue weighted by atomic mass is 16.5. The Hall–Kier alpha value is -1.02. The van der Waals surface area contributed by atoms with Crippen LogP contribution in [0.2, 0.25) is 0 Å². The van der Waals surface area contributed by atoms with Gasteiger partial charge in [0.2, 0.25) is 0 Å². The zero-order valence-corrected chi connectivity index (χ0v) is 13.6. The summed E-state index contributed by atoms with van der Waals surface area (Å²) < 4.78 is 5.53. The summed E-state index contributed by atoms with van der Waals surface area (Å²) in [6, 6.07) is 7.47. The lowest BCUT2D eigenvalue weighted by atomic mass is 9.79. The van der Waals surface area contributed by atoms with Gasteiger partial charge in [-0.2, -0.15) is 0 Å². The zero-order valence-electron chi connectivity index (χ0n) is 13.6. The Morgan fingerprint density at radius 1 is 1.20 bits per heavy atom. The maximum atomic E-state index is 5.53. The van der Waals surface area contributed by atoms with E-state index < -0.39 is 0 Å². The Morgan fingerprint density at radius 3 is 2.60 bits per heavy atom. The average molecular weight is 275 g/mol. The van der Waals surface area contributed by atoms with Crippen LogP contribution in [0.5, 0.6) is 5.75 Å². The number of hydrogen-bond donors (Lipinski definition) is 1. The van der Waals surface area contributed by atoms with Crippen molar-refractivity contribution in [1.29, 1.82) is 0 Å². The quantitative estimate of drug-likeness (QED) is 0.875. The molecule has 1 N–H and O–H groups in total. The summed E-state index contributed by atoms with van der Waals surface area (Å²) in [5.74, 6) is 2.70. The van der Waals surface area contributed by atoms with Crippen molar-refractivity contribution in [1.82, 2.24) is 5.32 Å². The molecule has 1 saturated carbocycles. The molecule has 0 aliphatic heterocycles. The van der Waals surface area contributed by atoms with Gasteiger partial charge in [0.25, 0.3) is 0 Å². The Labute approximate surface area is 123 Å². The summed E-state index contributed by atoms with van der Waals surface area (Å²) in [6.07, 6.45) is 3.93. The molecule has 0 spiro atoms. The molecule has 1 aromatic carbocycles. The number of aryl methyl sites for hydroxylation is 1. The Kier molecular flexibility index (Phi) is 5.09. The van der Waals surface area contributed by atoms with E-state index in [1.165, 1.54) is 30.4 Å². The molecule has 2 rings (SSSR count). The van der Waals surface area contributed by atoms with Gasteiger partial charge >= 0.3 is 0 Å². The highest BCUT2D eigenvalue weighted by Gasteiger charge is 2.26. The molecule has 0 saturated heterocycles. The van der Waals surface area contributed by atoms with E-state index in [2.05, 4.69) is 51.2 Å². The molecule has 1 aromatic rings. The molecule has 2 nitrogen and oxygen atoms in total. The van der Waals surface area contributed by atoms with Crippen LogP contribution in [0.4, 0.5) is 0 Å². The van der Waals surface area contributed by atoms with Gasteiger partial charge in [-0.05, 0) is 56.6 Å². The lowest BCUT2D eigenvalue weighted by Crippen LogP contribution is -2.37. The molecular formula is C18H29NO. The van der Waals surface area contributed by atoms with E-state index in [9.17, 15) is 0 Å². The maximum absolute atomic E-state index is 5.53. The third-order valence-electron chi connectivity index (χ3n) is 4.94. The highest BCUT2D eigenvalue weighted by Crippen LogP contribution is 2.32. The summed E-state index contributed by atoms with van der Waals surface area (Å²) in [4.78, 5) is 0. The van der Waals surface area contributed by atoms with Gasteiger partial charge in [-0.1, -0.05) is 26.0 Å². The van der Waals surface area contributed by atoms with E-state index in [4.69, 9.17) is 4.74 Å². The summed E-state index contributed by atoms with van der Waals surface area (Å²) in [6.45, 7) is 9.12. The maximum Gasteiger partial charge on any atom is 0.123 e. The molecule has 0 bridgehead atoms. The summed E-state index contributed by atoms with van der Waals surface area (Å²) >= 11 is 0. The molecular weight excluding hydrogens is 246 g/mol. The van der Waals surface area contributed by atoms with Crippen LogP contribution < -0.4 is 10.1 Å². The first-order valence-corrected chi connectivity index (χ1v) is 7.91. The van der Waals surface area contributed by atoms with Crippen molar-refractivity contribution < 1.29 is 4.74 Å². The summed E-state index contributed by atoms with van der Waals surface area (Å²) in [7, 11) is 1.76. The Morgan fingerprint density at radius 2 is 1.95 bits per heavy atom. The smallest absolute Gasteiger partial charge is 0.123 e. The second kappa shape index (κ2) is 6.62. The molecule has 0 heterocycles. The summed E-state index contributed by atoms with van der Waals surface area (Å²) in [5.41, 5.74) is 2.52. The van der Waals surface area contributed by atoms with Gasteiger partial charge in [0, 0.05) is 17.6 Å². The standard InChI is InChI=1S/C18H29NO/c1-12-6-9-17(18(10-12)20-5)15(4)19-16-8-7-13(2)14(3)11-16/h6,9-10,13-16,19H,7-8,11H2,1-5H3. The third kappa shape index (κ3) is 3.54. The van der Waals surface area contributed by atoms with Crippen LogP contribution in [0, 0.1) is 18.8 Å². The van der Waals surface area contributed by atoms with Crippen LogP contribution in [-0.2, 0) is 0 Å². The van der Waals surface area contributed by atoms with Crippen LogP contribution in [0.1, 0.15) is 57.2 Å². The predicted octanol–water partition coefficient (Wildman–Crippen LogP) is 4.48. The molecule has 0 radical (unpaired) electrons. The van der Waals surface area contributed by atoms with Gasteiger partial charge in [0.15, 0.2) is 0 Å². The van der Waals surface area contributed by atoms with Crippen LogP contribution in [-0.4, -0.2) is 13.2 Å². The number of rotatable bonds is 4. The monoisotopic (exact) mass is 275 g/mol. The third-order valence-corrected chi connectivity index (χ3v) is 4.94. The van der Waals surface area contributed by atoms with Crippen molar-refractivity contribution in [3.63, 3.8) is 0 Å². The average Bonchev–Trinajstić information content (AvgIpc) is 2.42. The molecule has 1 aliphatic carbocycles. The van der Waals surface area contributed by atoms with E-state index in [-0.39, 0.29) is 0 Å². The highest BCUT2D eigenvalue weighted by molar-refractivity contribution is 5.39. The van der Waals surface area contributed by atoms with Gasteiger partial charge in [0.1, 0.15) is 5.75 Å². The van der Waals surface area contributed by atoms with Gasteiger partial charge in [-0.3, -0.25) is 0 Å². The fraction of sp³-hybridized carbons (Fsp3) is 0.667. The first kappa shape index (κ1) is 15.4. The molecule has 1 fully saturated rings. The molecule has 1 aliphatic rings. The minimum absolute atomic E-state index is 0.344. The molecule has 4 unspecified atom stereocenters. The lowest BCUT2D eigenvalue weighted by Gasteiger charge is -2.34. The molecule has 20 heavy (non-hydrogen) atoms. The minimum atomic E-state index is 0.344. The van der Waals surface area contributed by atoms with Crippen molar-refractivity contribution in [2.75, 3.05) is 7.11 Å². The second-order valence-electron chi connectivity index (χ2n) is 6.60. The Balaban J connectivity index is 2.03. The second-order valence-corrected chi connectivity index (χ2v) is 6.60. The van der Waals surface area contributed by atoms with Crippen molar-refractivity contribution in [2.45, 2.75) is 59.0 Å². The normalized spacial score (nSPS) is 28.1. The van der Waals surface area contributed by atoms with Crippen molar-refractivity contribution in [2.24, 2.45) is 11.8 Å². The van der Waals surface area contributed by atoms with Crippen LogP contribution in [0.15, 0.2) is 18.2 Å². The minimum Gasteiger partial charge on any atom is -0.496 e. The first-order chi connectivity index (χ1) is 9.51. The Bertz CT molecular complexity index is 443. The number of hydrogen-bond acceptors (Lipinski definition) is 2. The van der Waals surface area contributed by atoms with Crippen molar-refractivity contribution in [3.05, 3.63) is 29.3 Å². The number of methoxy groups -OCH3 is 1. The molecule has 112 valence electrons. The number of ether oxygens (including phenoxy) is 1. The van der Waals surface area contributed by atoms with Gasteiger partial charge in [-0.15, -0.1) is 0 Å². The lowest BCUT2D eigenvalue weighted by molar-refractivity contribution is 0.216. The van der Waals surface area contributed by atoms with Crippen LogP contribution in [0.3, 0.4) is 0 Å². The first-order valence-electron chi connectivity index (χ1n) is 7.91. The van der Waals surface area contributed by atoms with E-state index in [0.29, 0.717) is 12.1 Å². The molecule has 0 amide bonds. The largest absolute Gasteiger partial charge is 0.496 e. The fourth-order valence-corrected chi connectivity index (χ4v) is 3.32. The van der Waals surface area contributed by atoms with Gasteiger partial charge < -0.3 is 10.1 Å². The van der Waals surface area contributed by atoms with Crippen molar-refractivity contribution >= 4 is 0 Å². The summed E-state index contributed by atoms with van der Waals surface area (Å²) in [5, 5.41) is 3.80. The van der Waals surface area contributed by atoms with E-state index in [1.54, 1.807) is 7.11 Å². The number of nitrogens with one attached hydrogen (secondary N) is 1. The van der Waals surface area contributed by atoms with E-state index in [0.717, 1.165) is 17.6 Å². The number of benzene rings is 1. The van der Waals surface area contributed by atoms with E-state index in [1.807, 2.05) is 0 Å². The topological polar surface area (TPSA) is 21.3 Å². The molecule has 0 aromatic heterocycles. The van der Waals surface area contributed by atoms with Crippen molar-refractivity contribution in [3.8, 4) is 5.75 Å².